The number of halogens is 1. The number of rotatable bonds is 3. The number of methoxy groups -OCH3 is 3. The molecule has 2 aromatic carbocycles. The predicted molar refractivity (Wildman–Crippen MR) is 101 cm³/mol. The summed E-state index contributed by atoms with van der Waals surface area (Å²) in [5.41, 5.74) is 5.37. The van der Waals surface area contributed by atoms with Crippen LogP contribution in [0.1, 0.15) is 28.3 Å². The number of benzene rings is 2. The highest BCUT2D eigenvalue weighted by molar-refractivity contribution is 9.10. The fourth-order valence-electron chi connectivity index (χ4n) is 4.14. The maximum absolute atomic E-state index is 5.68. The van der Waals surface area contributed by atoms with E-state index in [0.717, 1.165) is 47.7 Å². The van der Waals surface area contributed by atoms with Crippen molar-refractivity contribution < 1.29 is 14.2 Å². The Morgan fingerprint density at radius 2 is 1.88 bits per heavy atom. The highest BCUT2D eigenvalue weighted by Crippen LogP contribution is 2.47. The summed E-state index contributed by atoms with van der Waals surface area (Å²) < 4.78 is 17.7. The minimum Gasteiger partial charge on any atom is -0.497 e. The zero-order valence-electron chi connectivity index (χ0n) is 14.8. The number of hydrogen-bond acceptors (Lipinski definition) is 4. The molecule has 0 fully saturated rings. The molecule has 4 rings (SSSR count). The van der Waals surface area contributed by atoms with Gasteiger partial charge in [0.15, 0.2) is 11.5 Å². The second-order valence-corrected chi connectivity index (χ2v) is 7.41. The summed E-state index contributed by atoms with van der Waals surface area (Å²) in [6, 6.07) is 8.87. The van der Waals surface area contributed by atoms with Crippen LogP contribution in [0.25, 0.3) is 0 Å². The van der Waals surface area contributed by atoms with E-state index in [4.69, 9.17) is 14.2 Å². The zero-order chi connectivity index (χ0) is 17.6. The molecule has 2 heterocycles. The molecule has 2 aromatic rings. The van der Waals surface area contributed by atoms with Crippen molar-refractivity contribution in [2.45, 2.75) is 25.4 Å². The first kappa shape index (κ1) is 16.7. The topological polar surface area (TPSA) is 30.9 Å². The fraction of sp³-hybridized carbons (Fsp3) is 0.400. The molecular formula is C20H22BrNO3. The van der Waals surface area contributed by atoms with Crippen LogP contribution in [0.5, 0.6) is 17.2 Å². The van der Waals surface area contributed by atoms with Crippen molar-refractivity contribution in [3.05, 3.63) is 51.0 Å². The van der Waals surface area contributed by atoms with E-state index in [2.05, 4.69) is 39.0 Å². The van der Waals surface area contributed by atoms with Crippen LogP contribution in [-0.4, -0.2) is 32.8 Å². The van der Waals surface area contributed by atoms with Gasteiger partial charge in [-0.15, -0.1) is 0 Å². The number of nitrogens with zero attached hydrogens (tertiary/aromatic N) is 1. The second-order valence-electron chi connectivity index (χ2n) is 6.56. The third-order valence-corrected chi connectivity index (χ3v) is 6.12. The van der Waals surface area contributed by atoms with E-state index in [9.17, 15) is 0 Å². The van der Waals surface area contributed by atoms with Crippen molar-refractivity contribution in [3.8, 4) is 17.2 Å². The molecule has 0 saturated heterocycles. The molecule has 0 aliphatic carbocycles. The van der Waals surface area contributed by atoms with Gasteiger partial charge in [0.05, 0.1) is 21.3 Å². The van der Waals surface area contributed by atoms with Crippen molar-refractivity contribution in [2.75, 3.05) is 27.9 Å². The number of hydrogen-bond donors (Lipinski definition) is 0. The molecule has 2 aliphatic rings. The van der Waals surface area contributed by atoms with Gasteiger partial charge in [0.25, 0.3) is 0 Å². The quantitative estimate of drug-likeness (QED) is 0.770. The molecule has 4 nitrogen and oxygen atoms in total. The Hall–Kier alpha value is -1.72. The molecule has 0 saturated carbocycles. The SMILES string of the molecule is COc1ccc2c(c1)C1Cc3c(Br)cc(OC)c(OC)c3CN1CC2. The van der Waals surface area contributed by atoms with Crippen molar-refractivity contribution in [1.82, 2.24) is 4.90 Å². The third kappa shape index (κ3) is 2.70. The van der Waals surface area contributed by atoms with Gasteiger partial charge in [0.1, 0.15) is 5.75 Å². The first-order valence-electron chi connectivity index (χ1n) is 8.49. The molecular weight excluding hydrogens is 382 g/mol. The summed E-state index contributed by atoms with van der Waals surface area (Å²) in [5, 5.41) is 0. The molecule has 132 valence electrons. The van der Waals surface area contributed by atoms with Crippen LogP contribution in [0, 0.1) is 0 Å². The van der Waals surface area contributed by atoms with E-state index in [-0.39, 0.29) is 0 Å². The highest BCUT2D eigenvalue weighted by Gasteiger charge is 2.35. The van der Waals surface area contributed by atoms with Gasteiger partial charge in [0.2, 0.25) is 0 Å². The molecule has 0 aromatic heterocycles. The molecule has 0 spiro atoms. The maximum atomic E-state index is 5.68. The van der Waals surface area contributed by atoms with E-state index in [1.807, 2.05) is 6.07 Å². The summed E-state index contributed by atoms with van der Waals surface area (Å²) in [6.07, 6.45) is 2.02. The lowest BCUT2D eigenvalue weighted by Crippen LogP contribution is -2.39. The first-order chi connectivity index (χ1) is 12.2. The van der Waals surface area contributed by atoms with Crippen LogP contribution in [0.3, 0.4) is 0 Å². The molecule has 1 atom stereocenters. The Kier molecular flexibility index (Phi) is 4.38. The molecule has 25 heavy (non-hydrogen) atoms. The average Bonchev–Trinajstić information content (AvgIpc) is 2.66. The largest absolute Gasteiger partial charge is 0.497 e. The first-order valence-corrected chi connectivity index (χ1v) is 9.28. The third-order valence-electron chi connectivity index (χ3n) is 5.41. The lowest BCUT2D eigenvalue weighted by Gasteiger charge is -2.42. The second kappa shape index (κ2) is 6.54. The van der Waals surface area contributed by atoms with Crippen molar-refractivity contribution in [3.63, 3.8) is 0 Å². The summed E-state index contributed by atoms with van der Waals surface area (Å²) >= 11 is 3.74. The van der Waals surface area contributed by atoms with Gasteiger partial charge >= 0.3 is 0 Å². The van der Waals surface area contributed by atoms with Crippen molar-refractivity contribution >= 4 is 15.9 Å². The van der Waals surface area contributed by atoms with Crippen LogP contribution in [0.15, 0.2) is 28.7 Å². The van der Waals surface area contributed by atoms with Crippen molar-refractivity contribution in [2.24, 2.45) is 0 Å². The van der Waals surface area contributed by atoms with Gasteiger partial charge in [-0.05, 0) is 47.7 Å². The van der Waals surface area contributed by atoms with E-state index in [1.54, 1.807) is 21.3 Å². The van der Waals surface area contributed by atoms with E-state index >= 15 is 0 Å². The summed E-state index contributed by atoms with van der Waals surface area (Å²) in [4.78, 5) is 2.54. The molecule has 0 radical (unpaired) electrons. The number of fused-ring (bicyclic) bond motifs is 4. The Labute approximate surface area is 156 Å². The van der Waals surface area contributed by atoms with Crippen molar-refractivity contribution in [1.29, 1.82) is 0 Å². The van der Waals surface area contributed by atoms with Gasteiger partial charge in [-0.3, -0.25) is 4.90 Å². The Bertz CT molecular complexity index is 821. The summed E-state index contributed by atoms with van der Waals surface area (Å²) in [7, 11) is 5.13. The van der Waals surface area contributed by atoms with Gasteiger partial charge in [-0.2, -0.15) is 0 Å². The summed E-state index contributed by atoms with van der Waals surface area (Å²) in [5.74, 6) is 2.57. The van der Waals surface area contributed by atoms with Gasteiger partial charge < -0.3 is 14.2 Å². The van der Waals surface area contributed by atoms with E-state index < -0.39 is 0 Å². The Balaban J connectivity index is 1.81. The minimum atomic E-state index is 0.376. The summed E-state index contributed by atoms with van der Waals surface area (Å²) in [6.45, 7) is 1.93. The standard InChI is InChI=1S/C20H22BrNO3/c1-23-13-5-4-12-6-7-22-11-16-15(9-18(22)14(12)8-13)17(21)10-19(24-2)20(16)25-3/h4-5,8,10,18H,6-7,9,11H2,1-3H3. The Morgan fingerprint density at radius 1 is 1.04 bits per heavy atom. The van der Waals surface area contributed by atoms with Crippen LogP contribution < -0.4 is 14.2 Å². The predicted octanol–water partition coefficient (Wildman–Crippen LogP) is 4.13. The zero-order valence-corrected chi connectivity index (χ0v) is 16.4. The molecule has 0 N–H and O–H groups in total. The van der Waals surface area contributed by atoms with E-state index in [1.165, 1.54) is 22.3 Å². The molecule has 0 bridgehead atoms. The lowest BCUT2D eigenvalue weighted by atomic mass is 9.83. The van der Waals surface area contributed by atoms with E-state index in [0.29, 0.717) is 6.04 Å². The molecule has 2 aliphatic heterocycles. The molecule has 5 heteroatoms. The Morgan fingerprint density at radius 3 is 2.60 bits per heavy atom. The van der Waals surface area contributed by atoms with Crippen LogP contribution in [0.2, 0.25) is 0 Å². The lowest BCUT2D eigenvalue weighted by molar-refractivity contribution is 0.157. The number of ether oxygens (including phenoxy) is 3. The molecule has 1 unspecified atom stereocenters. The molecule has 0 amide bonds. The average molecular weight is 404 g/mol. The maximum Gasteiger partial charge on any atom is 0.165 e. The van der Waals surface area contributed by atoms with Gasteiger partial charge in [-0.1, -0.05) is 22.0 Å². The van der Waals surface area contributed by atoms with Crippen LogP contribution in [-0.2, 0) is 19.4 Å². The fourth-order valence-corrected chi connectivity index (χ4v) is 4.75. The highest BCUT2D eigenvalue weighted by atomic mass is 79.9. The smallest absolute Gasteiger partial charge is 0.165 e. The van der Waals surface area contributed by atoms with Crippen LogP contribution >= 0.6 is 15.9 Å². The minimum absolute atomic E-state index is 0.376. The van der Waals surface area contributed by atoms with Crippen LogP contribution in [0.4, 0.5) is 0 Å². The van der Waals surface area contributed by atoms with Gasteiger partial charge in [0, 0.05) is 29.2 Å². The van der Waals surface area contributed by atoms with Gasteiger partial charge in [-0.25, -0.2) is 0 Å². The normalized spacial score (nSPS) is 18.8. The monoisotopic (exact) mass is 403 g/mol.